The molecule has 1 aromatic carbocycles. The quantitative estimate of drug-likeness (QED) is 0.637. The first kappa shape index (κ1) is 19.8. The first-order valence-corrected chi connectivity index (χ1v) is 10.0. The number of aromatic nitrogens is 2. The number of anilines is 1. The Morgan fingerprint density at radius 1 is 1.14 bits per heavy atom. The fourth-order valence-corrected chi connectivity index (χ4v) is 3.71. The fraction of sp³-hybridized carbons (Fsp3) is 0.381. The van der Waals surface area contributed by atoms with Crippen LogP contribution in [0.5, 0.6) is 11.5 Å². The number of hydrogen-bond donors (Lipinski definition) is 1. The number of imidazole rings is 1. The number of halogens is 1. The lowest BCUT2D eigenvalue weighted by molar-refractivity contribution is 0.0398. The van der Waals surface area contributed by atoms with E-state index >= 15 is 0 Å². The maximum Gasteiger partial charge on any atom is 0.141 e. The number of benzene rings is 1. The molecule has 0 unspecified atom stereocenters. The molecule has 2 aromatic heterocycles. The molecule has 0 aliphatic carbocycles. The molecule has 0 bridgehead atoms. The van der Waals surface area contributed by atoms with Crippen LogP contribution in [0.4, 0.5) is 5.69 Å². The minimum absolute atomic E-state index is 0.519. The van der Waals surface area contributed by atoms with Gasteiger partial charge in [-0.1, -0.05) is 11.6 Å². The lowest BCUT2D eigenvalue weighted by Crippen LogP contribution is -2.39. The van der Waals surface area contributed by atoms with Crippen molar-refractivity contribution < 1.29 is 14.2 Å². The Hall–Kier alpha value is -2.48. The van der Waals surface area contributed by atoms with Crippen LogP contribution < -0.4 is 14.8 Å². The summed E-state index contributed by atoms with van der Waals surface area (Å²) in [4.78, 5) is 7.17. The second-order valence-corrected chi connectivity index (χ2v) is 7.28. The van der Waals surface area contributed by atoms with E-state index in [2.05, 4.69) is 16.3 Å². The molecule has 154 valence electrons. The number of morpholine rings is 1. The van der Waals surface area contributed by atoms with Gasteiger partial charge in [0.25, 0.3) is 0 Å². The van der Waals surface area contributed by atoms with Crippen molar-refractivity contribution in [3.05, 3.63) is 41.7 Å². The summed E-state index contributed by atoms with van der Waals surface area (Å²) >= 11 is 6.32. The Balaban J connectivity index is 1.52. The third-order valence-electron chi connectivity index (χ3n) is 5.07. The van der Waals surface area contributed by atoms with E-state index in [0.717, 1.165) is 62.0 Å². The SMILES string of the molecule is COc1cc(OC)c(-c2cn3ccc(NCCN4CCOCC4)cc3n2)cc1Cl. The zero-order chi connectivity index (χ0) is 20.2. The molecule has 1 N–H and O–H groups in total. The van der Waals surface area contributed by atoms with Crippen molar-refractivity contribution in [2.75, 3.05) is 58.9 Å². The van der Waals surface area contributed by atoms with Crippen LogP contribution in [-0.2, 0) is 4.74 Å². The topological polar surface area (TPSA) is 60.3 Å². The highest BCUT2D eigenvalue weighted by molar-refractivity contribution is 6.32. The zero-order valence-electron chi connectivity index (χ0n) is 16.7. The van der Waals surface area contributed by atoms with Crippen molar-refractivity contribution in [3.63, 3.8) is 0 Å². The Kier molecular flexibility index (Phi) is 6.08. The molecule has 0 atom stereocenters. The molecular formula is C21H25ClN4O3. The normalized spacial score (nSPS) is 14.9. The summed E-state index contributed by atoms with van der Waals surface area (Å²) in [5, 5.41) is 4.00. The van der Waals surface area contributed by atoms with Crippen LogP contribution in [0.15, 0.2) is 36.7 Å². The minimum atomic E-state index is 0.519. The van der Waals surface area contributed by atoms with Crippen LogP contribution in [0.1, 0.15) is 0 Å². The average molecular weight is 417 g/mol. The second-order valence-electron chi connectivity index (χ2n) is 6.87. The molecule has 1 aliphatic rings. The largest absolute Gasteiger partial charge is 0.496 e. The number of pyridine rings is 1. The predicted octanol–water partition coefficient (Wildman–Crippen LogP) is 3.42. The van der Waals surface area contributed by atoms with Crippen LogP contribution in [0, 0.1) is 0 Å². The summed E-state index contributed by atoms with van der Waals surface area (Å²) in [7, 11) is 3.21. The van der Waals surface area contributed by atoms with E-state index in [0.29, 0.717) is 16.5 Å². The molecule has 3 heterocycles. The highest BCUT2D eigenvalue weighted by Crippen LogP contribution is 2.38. The van der Waals surface area contributed by atoms with Crippen molar-refractivity contribution in [2.45, 2.75) is 0 Å². The standard InChI is InChI=1S/C21H25ClN4O3/c1-27-19-13-20(28-2)17(22)12-16(19)18-14-26-5-3-15(11-21(26)24-18)23-4-6-25-7-9-29-10-8-25/h3,5,11-14,23H,4,6-10H2,1-2H3. The lowest BCUT2D eigenvalue weighted by Gasteiger charge is -2.26. The minimum Gasteiger partial charge on any atom is -0.496 e. The molecule has 29 heavy (non-hydrogen) atoms. The monoisotopic (exact) mass is 416 g/mol. The van der Waals surface area contributed by atoms with Crippen molar-refractivity contribution in [1.29, 1.82) is 0 Å². The predicted molar refractivity (Wildman–Crippen MR) is 114 cm³/mol. The molecule has 0 spiro atoms. The molecule has 0 radical (unpaired) electrons. The van der Waals surface area contributed by atoms with Gasteiger partial charge in [-0.15, -0.1) is 0 Å². The Labute approximate surface area is 175 Å². The van der Waals surface area contributed by atoms with E-state index in [4.69, 9.17) is 30.8 Å². The Morgan fingerprint density at radius 2 is 1.93 bits per heavy atom. The van der Waals surface area contributed by atoms with E-state index in [9.17, 15) is 0 Å². The molecule has 7 nitrogen and oxygen atoms in total. The first-order chi connectivity index (χ1) is 14.2. The number of ether oxygens (including phenoxy) is 3. The van der Waals surface area contributed by atoms with E-state index in [-0.39, 0.29) is 0 Å². The maximum atomic E-state index is 6.32. The van der Waals surface area contributed by atoms with Gasteiger partial charge in [-0.3, -0.25) is 4.90 Å². The summed E-state index contributed by atoms with van der Waals surface area (Å²) in [6, 6.07) is 7.69. The number of nitrogens with zero attached hydrogens (tertiary/aromatic N) is 3. The molecule has 8 heteroatoms. The zero-order valence-corrected chi connectivity index (χ0v) is 17.4. The van der Waals surface area contributed by atoms with Crippen LogP contribution in [0.2, 0.25) is 5.02 Å². The number of hydrogen-bond acceptors (Lipinski definition) is 6. The summed E-state index contributed by atoms with van der Waals surface area (Å²) in [6.45, 7) is 5.51. The van der Waals surface area contributed by atoms with Crippen molar-refractivity contribution >= 4 is 22.9 Å². The van der Waals surface area contributed by atoms with Gasteiger partial charge < -0.3 is 23.9 Å². The molecular weight excluding hydrogens is 392 g/mol. The van der Waals surface area contributed by atoms with E-state index < -0.39 is 0 Å². The Bertz CT molecular complexity index is 985. The number of methoxy groups -OCH3 is 2. The molecule has 0 saturated carbocycles. The third-order valence-corrected chi connectivity index (χ3v) is 5.37. The van der Waals surface area contributed by atoms with Gasteiger partial charge in [0.1, 0.15) is 17.1 Å². The average Bonchev–Trinajstić information content (AvgIpc) is 3.17. The van der Waals surface area contributed by atoms with Crippen LogP contribution in [-0.4, -0.2) is 67.9 Å². The molecule has 0 amide bonds. The van der Waals surface area contributed by atoms with Gasteiger partial charge in [-0.05, 0) is 12.1 Å². The molecule has 4 rings (SSSR count). The van der Waals surface area contributed by atoms with Crippen molar-refractivity contribution in [2.24, 2.45) is 0 Å². The number of rotatable bonds is 7. The van der Waals surface area contributed by atoms with E-state index in [1.54, 1.807) is 20.3 Å². The van der Waals surface area contributed by atoms with Gasteiger partial charge in [0.2, 0.25) is 0 Å². The van der Waals surface area contributed by atoms with Crippen LogP contribution >= 0.6 is 11.6 Å². The first-order valence-electron chi connectivity index (χ1n) is 9.62. The van der Waals surface area contributed by atoms with Gasteiger partial charge in [0.05, 0.1) is 38.1 Å². The summed E-state index contributed by atoms with van der Waals surface area (Å²) < 4.78 is 18.2. The van der Waals surface area contributed by atoms with Crippen LogP contribution in [0.25, 0.3) is 16.9 Å². The molecule has 1 saturated heterocycles. The smallest absolute Gasteiger partial charge is 0.141 e. The highest BCUT2D eigenvalue weighted by Gasteiger charge is 2.15. The summed E-state index contributed by atoms with van der Waals surface area (Å²) in [5.74, 6) is 1.24. The van der Waals surface area contributed by atoms with E-state index in [1.807, 2.05) is 28.9 Å². The molecule has 1 fully saturated rings. The van der Waals surface area contributed by atoms with Gasteiger partial charge in [0, 0.05) is 62.0 Å². The molecule has 1 aliphatic heterocycles. The van der Waals surface area contributed by atoms with Crippen molar-refractivity contribution in [1.82, 2.24) is 14.3 Å². The van der Waals surface area contributed by atoms with Gasteiger partial charge in [-0.2, -0.15) is 0 Å². The molecule has 3 aromatic rings. The number of nitrogens with one attached hydrogen (secondary N) is 1. The summed E-state index contributed by atoms with van der Waals surface area (Å²) in [6.07, 6.45) is 3.97. The number of fused-ring (bicyclic) bond motifs is 1. The fourth-order valence-electron chi connectivity index (χ4n) is 3.46. The van der Waals surface area contributed by atoms with E-state index in [1.165, 1.54) is 0 Å². The highest BCUT2D eigenvalue weighted by atomic mass is 35.5. The second kappa shape index (κ2) is 8.90. The Morgan fingerprint density at radius 3 is 2.69 bits per heavy atom. The van der Waals surface area contributed by atoms with Gasteiger partial charge in [-0.25, -0.2) is 4.98 Å². The van der Waals surface area contributed by atoms with Crippen molar-refractivity contribution in [3.8, 4) is 22.8 Å². The van der Waals surface area contributed by atoms with Gasteiger partial charge >= 0.3 is 0 Å². The maximum absolute atomic E-state index is 6.32. The summed E-state index contributed by atoms with van der Waals surface area (Å²) in [5.41, 5.74) is 3.51. The lowest BCUT2D eigenvalue weighted by atomic mass is 10.1. The van der Waals surface area contributed by atoms with Gasteiger partial charge in [0.15, 0.2) is 0 Å². The third kappa shape index (κ3) is 4.42. The van der Waals surface area contributed by atoms with Crippen LogP contribution in [0.3, 0.4) is 0 Å².